The topological polar surface area (TPSA) is 92.9 Å². The summed E-state index contributed by atoms with van der Waals surface area (Å²) in [6.45, 7) is 5.32. The van der Waals surface area contributed by atoms with Crippen LogP contribution in [-0.4, -0.2) is 29.0 Å². The minimum Gasteiger partial charge on any atom is -0.369 e. The largest absolute Gasteiger partial charge is 0.433 e. The zero-order chi connectivity index (χ0) is 16.3. The van der Waals surface area contributed by atoms with Crippen molar-refractivity contribution >= 4 is 17.7 Å². The number of alkyl halides is 3. The highest BCUT2D eigenvalue weighted by molar-refractivity contribution is 5.80. The Labute approximate surface area is 120 Å². The van der Waals surface area contributed by atoms with Crippen LogP contribution in [-0.2, 0) is 11.0 Å². The molecule has 0 aliphatic heterocycles. The van der Waals surface area contributed by atoms with Crippen molar-refractivity contribution in [3.05, 3.63) is 11.8 Å². The van der Waals surface area contributed by atoms with Crippen molar-refractivity contribution in [1.82, 2.24) is 9.97 Å². The predicted molar refractivity (Wildman–Crippen MR) is 72.7 cm³/mol. The second-order valence-corrected chi connectivity index (χ2v) is 5.09. The molecule has 0 saturated carbocycles. The summed E-state index contributed by atoms with van der Waals surface area (Å²) in [5.41, 5.74) is 3.23. The first-order valence-electron chi connectivity index (χ1n) is 6.30. The first-order chi connectivity index (χ1) is 9.56. The van der Waals surface area contributed by atoms with Gasteiger partial charge in [-0.05, 0) is 20.8 Å². The summed E-state index contributed by atoms with van der Waals surface area (Å²) in [7, 11) is 0. The van der Waals surface area contributed by atoms with Gasteiger partial charge in [0.25, 0.3) is 0 Å². The minimum atomic E-state index is -4.58. The molecule has 0 aliphatic carbocycles. The van der Waals surface area contributed by atoms with Gasteiger partial charge < -0.3 is 16.4 Å². The molecule has 0 fully saturated rings. The molecule has 0 unspecified atom stereocenters. The minimum absolute atomic E-state index is 0.0254. The Kier molecular flexibility index (Phi) is 4.97. The number of nitrogens with two attached hydrogens (primary N) is 1. The summed E-state index contributed by atoms with van der Waals surface area (Å²) in [6, 6.07) is 0.790. The van der Waals surface area contributed by atoms with Crippen molar-refractivity contribution in [3.63, 3.8) is 0 Å². The molecular weight excluding hydrogens is 287 g/mol. The second kappa shape index (κ2) is 6.15. The van der Waals surface area contributed by atoms with Crippen molar-refractivity contribution < 1.29 is 18.0 Å². The molecule has 0 aliphatic rings. The SMILES string of the molecule is CCNc1nc(NCC(C)(C)C(N)=O)cc(C(F)(F)F)n1. The molecule has 0 bridgehead atoms. The third kappa shape index (κ3) is 4.76. The molecule has 1 aromatic heterocycles. The van der Waals surface area contributed by atoms with Gasteiger partial charge in [-0.2, -0.15) is 18.2 Å². The third-order valence-corrected chi connectivity index (χ3v) is 2.73. The molecule has 1 aromatic rings. The number of nitrogens with zero attached hydrogens (tertiary/aromatic N) is 2. The number of carbonyl (C=O) groups is 1. The zero-order valence-electron chi connectivity index (χ0n) is 12.0. The molecule has 1 rings (SSSR count). The van der Waals surface area contributed by atoms with Crippen molar-refractivity contribution in [1.29, 1.82) is 0 Å². The average molecular weight is 305 g/mol. The number of halogens is 3. The van der Waals surface area contributed by atoms with E-state index in [9.17, 15) is 18.0 Å². The van der Waals surface area contributed by atoms with Gasteiger partial charge in [-0.25, -0.2) is 4.98 Å². The number of hydrogen-bond acceptors (Lipinski definition) is 5. The van der Waals surface area contributed by atoms with E-state index in [4.69, 9.17) is 5.73 Å². The number of hydrogen-bond donors (Lipinski definition) is 3. The van der Waals surface area contributed by atoms with Gasteiger partial charge in [0.05, 0.1) is 5.41 Å². The van der Waals surface area contributed by atoms with E-state index in [-0.39, 0.29) is 18.3 Å². The maximum atomic E-state index is 12.8. The first-order valence-corrected chi connectivity index (χ1v) is 6.30. The number of rotatable bonds is 6. The zero-order valence-corrected chi connectivity index (χ0v) is 12.0. The van der Waals surface area contributed by atoms with Gasteiger partial charge in [0.1, 0.15) is 5.82 Å². The molecule has 4 N–H and O–H groups in total. The summed E-state index contributed by atoms with van der Waals surface area (Å²) in [6.07, 6.45) is -4.58. The van der Waals surface area contributed by atoms with E-state index in [0.29, 0.717) is 6.54 Å². The van der Waals surface area contributed by atoms with Crippen LogP contribution in [0.15, 0.2) is 6.07 Å². The number of anilines is 2. The van der Waals surface area contributed by atoms with Crippen LogP contribution in [0.3, 0.4) is 0 Å². The Morgan fingerprint density at radius 1 is 1.29 bits per heavy atom. The van der Waals surface area contributed by atoms with E-state index in [2.05, 4.69) is 20.6 Å². The van der Waals surface area contributed by atoms with Crippen LogP contribution in [0.5, 0.6) is 0 Å². The van der Waals surface area contributed by atoms with Gasteiger partial charge in [-0.1, -0.05) is 0 Å². The van der Waals surface area contributed by atoms with Gasteiger partial charge in [0.15, 0.2) is 5.69 Å². The van der Waals surface area contributed by atoms with E-state index < -0.39 is 23.2 Å². The highest BCUT2D eigenvalue weighted by Crippen LogP contribution is 2.30. The molecule has 118 valence electrons. The normalized spacial score (nSPS) is 12.1. The van der Waals surface area contributed by atoms with Gasteiger partial charge in [-0.15, -0.1) is 0 Å². The van der Waals surface area contributed by atoms with Gasteiger partial charge in [0.2, 0.25) is 11.9 Å². The molecule has 0 aromatic carbocycles. The smallest absolute Gasteiger partial charge is 0.369 e. The quantitative estimate of drug-likeness (QED) is 0.746. The third-order valence-electron chi connectivity index (χ3n) is 2.73. The Morgan fingerprint density at radius 2 is 1.90 bits per heavy atom. The summed E-state index contributed by atoms with van der Waals surface area (Å²) in [5, 5.41) is 5.31. The molecule has 0 saturated heterocycles. The van der Waals surface area contributed by atoms with Crippen LogP contribution in [0, 0.1) is 5.41 Å². The summed E-state index contributed by atoms with van der Waals surface area (Å²) in [5.74, 6) is -0.721. The Morgan fingerprint density at radius 3 is 2.38 bits per heavy atom. The Bertz CT molecular complexity index is 516. The summed E-state index contributed by atoms with van der Waals surface area (Å²) in [4.78, 5) is 18.5. The maximum Gasteiger partial charge on any atom is 0.433 e. The molecule has 9 heteroatoms. The molecular formula is C12H18F3N5O. The van der Waals surface area contributed by atoms with E-state index >= 15 is 0 Å². The lowest BCUT2D eigenvalue weighted by Gasteiger charge is -2.21. The van der Waals surface area contributed by atoms with E-state index in [1.54, 1.807) is 20.8 Å². The van der Waals surface area contributed by atoms with Crippen LogP contribution >= 0.6 is 0 Å². The molecule has 0 atom stereocenters. The standard InChI is InChI=1S/C12H18F3N5O/c1-4-17-10-19-7(12(13,14)15)5-8(20-10)18-6-11(2,3)9(16)21/h5H,4,6H2,1-3H3,(H2,16,21)(H2,17,18,19,20). The molecule has 21 heavy (non-hydrogen) atoms. The van der Waals surface area contributed by atoms with Crippen molar-refractivity contribution in [2.45, 2.75) is 26.9 Å². The van der Waals surface area contributed by atoms with E-state index in [1.807, 2.05) is 0 Å². The van der Waals surface area contributed by atoms with Crippen LogP contribution < -0.4 is 16.4 Å². The highest BCUT2D eigenvalue weighted by Gasteiger charge is 2.34. The maximum absolute atomic E-state index is 12.8. The number of primary amides is 1. The van der Waals surface area contributed by atoms with Crippen LogP contribution in [0.1, 0.15) is 26.5 Å². The van der Waals surface area contributed by atoms with Gasteiger partial charge >= 0.3 is 6.18 Å². The van der Waals surface area contributed by atoms with E-state index in [0.717, 1.165) is 6.07 Å². The van der Waals surface area contributed by atoms with Crippen molar-refractivity contribution in [3.8, 4) is 0 Å². The molecule has 0 radical (unpaired) electrons. The van der Waals surface area contributed by atoms with Crippen LogP contribution in [0.2, 0.25) is 0 Å². The monoisotopic (exact) mass is 305 g/mol. The molecule has 0 spiro atoms. The lowest BCUT2D eigenvalue weighted by Crippen LogP contribution is -2.37. The van der Waals surface area contributed by atoms with Crippen LogP contribution in [0.25, 0.3) is 0 Å². The molecule has 1 heterocycles. The van der Waals surface area contributed by atoms with Crippen molar-refractivity contribution in [2.75, 3.05) is 23.7 Å². The molecule has 1 amide bonds. The summed E-state index contributed by atoms with van der Waals surface area (Å²) >= 11 is 0. The number of nitrogens with one attached hydrogen (secondary N) is 2. The summed E-state index contributed by atoms with van der Waals surface area (Å²) < 4.78 is 38.3. The van der Waals surface area contributed by atoms with E-state index in [1.165, 1.54) is 0 Å². The highest BCUT2D eigenvalue weighted by atomic mass is 19.4. The first kappa shape index (κ1) is 17.0. The lowest BCUT2D eigenvalue weighted by molar-refractivity contribution is -0.141. The second-order valence-electron chi connectivity index (χ2n) is 5.09. The fourth-order valence-corrected chi connectivity index (χ4v) is 1.32. The fourth-order valence-electron chi connectivity index (χ4n) is 1.32. The van der Waals surface area contributed by atoms with Gasteiger partial charge in [0, 0.05) is 19.2 Å². The van der Waals surface area contributed by atoms with Crippen LogP contribution in [0.4, 0.5) is 24.9 Å². The lowest BCUT2D eigenvalue weighted by atomic mass is 9.93. The Hall–Kier alpha value is -2.06. The molecule has 6 nitrogen and oxygen atoms in total. The number of amides is 1. The number of carbonyl (C=O) groups excluding carboxylic acids is 1. The van der Waals surface area contributed by atoms with Crippen molar-refractivity contribution in [2.24, 2.45) is 11.1 Å². The Balaban J connectivity index is 3.01. The fraction of sp³-hybridized carbons (Fsp3) is 0.583. The van der Waals surface area contributed by atoms with Gasteiger partial charge in [-0.3, -0.25) is 4.79 Å². The number of aromatic nitrogens is 2. The predicted octanol–water partition coefficient (Wildman–Crippen LogP) is 1.85. The average Bonchev–Trinajstić information content (AvgIpc) is 2.35.